The second kappa shape index (κ2) is 8.00. The topological polar surface area (TPSA) is 62.3 Å². The van der Waals surface area contributed by atoms with Gasteiger partial charge >= 0.3 is 6.18 Å². The maximum atomic E-state index is 12.9. The van der Waals surface area contributed by atoms with Crippen molar-refractivity contribution < 1.29 is 22.8 Å². The summed E-state index contributed by atoms with van der Waals surface area (Å²) in [5.74, 6) is -1.01. The second-order valence-electron chi connectivity index (χ2n) is 6.88. The van der Waals surface area contributed by atoms with Crippen LogP contribution in [0.25, 0.3) is 0 Å². The summed E-state index contributed by atoms with van der Waals surface area (Å²) in [6.45, 7) is 2.07. The molecule has 1 aromatic carbocycles. The number of likely N-dealkylation sites (tertiary alicyclic amines) is 1. The Morgan fingerprint density at radius 1 is 1.29 bits per heavy atom. The van der Waals surface area contributed by atoms with Gasteiger partial charge in [0, 0.05) is 31.9 Å². The molecule has 2 atom stereocenters. The summed E-state index contributed by atoms with van der Waals surface area (Å²) in [4.78, 5) is 30.1. The summed E-state index contributed by atoms with van der Waals surface area (Å²) in [6, 6.07) is 8.25. The SMILES string of the molecule is C[C@H](NC(=O)[C@H]1CC(=O)N(Cc2cccc(C(F)(F)F)c2)C1)c1ccncc1. The molecule has 2 heterocycles. The van der Waals surface area contributed by atoms with Crippen molar-refractivity contribution in [2.45, 2.75) is 32.1 Å². The van der Waals surface area contributed by atoms with Gasteiger partial charge in [-0.15, -0.1) is 0 Å². The number of halogens is 3. The number of pyridine rings is 1. The van der Waals surface area contributed by atoms with E-state index in [2.05, 4.69) is 10.3 Å². The highest BCUT2D eigenvalue weighted by Crippen LogP contribution is 2.30. The molecule has 2 amide bonds. The van der Waals surface area contributed by atoms with Gasteiger partial charge in [-0.3, -0.25) is 14.6 Å². The van der Waals surface area contributed by atoms with Gasteiger partial charge < -0.3 is 10.2 Å². The molecule has 8 heteroatoms. The van der Waals surface area contributed by atoms with Crippen LogP contribution in [-0.4, -0.2) is 28.2 Å². The second-order valence-corrected chi connectivity index (χ2v) is 6.88. The van der Waals surface area contributed by atoms with Crippen LogP contribution in [0.15, 0.2) is 48.8 Å². The van der Waals surface area contributed by atoms with Gasteiger partial charge in [0.15, 0.2) is 0 Å². The summed E-state index contributed by atoms with van der Waals surface area (Å²) in [5.41, 5.74) is 0.528. The van der Waals surface area contributed by atoms with Gasteiger partial charge in [0.25, 0.3) is 0 Å². The fraction of sp³-hybridized carbons (Fsp3) is 0.350. The predicted molar refractivity (Wildman–Crippen MR) is 95.8 cm³/mol. The Hall–Kier alpha value is -2.90. The Morgan fingerprint density at radius 3 is 2.68 bits per heavy atom. The van der Waals surface area contributed by atoms with Gasteiger partial charge in [-0.2, -0.15) is 13.2 Å². The number of carbonyl (C=O) groups excluding carboxylic acids is 2. The van der Waals surface area contributed by atoms with Gasteiger partial charge in [-0.25, -0.2) is 0 Å². The zero-order chi connectivity index (χ0) is 20.3. The minimum atomic E-state index is -4.43. The van der Waals surface area contributed by atoms with E-state index < -0.39 is 17.7 Å². The van der Waals surface area contributed by atoms with Crippen molar-refractivity contribution in [3.8, 4) is 0 Å². The summed E-state index contributed by atoms with van der Waals surface area (Å²) < 4.78 is 38.6. The molecule has 3 rings (SSSR count). The van der Waals surface area contributed by atoms with Gasteiger partial charge in [0.2, 0.25) is 11.8 Å². The number of hydrogen-bond acceptors (Lipinski definition) is 3. The highest BCUT2D eigenvalue weighted by Gasteiger charge is 2.35. The van der Waals surface area contributed by atoms with Crippen molar-refractivity contribution in [1.29, 1.82) is 0 Å². The first-order chi connectivity index (χ1) is 13.2. The van der Waals surface area contributed by atoms with Gasteiger partial charge in [0.05, 0.1) is 17.5 Å². The van der Waals surface area contributed by atoms with E-state index in [0.717, 1.165) is 17.7 Å². The molecule has 0 aliphatic carbocycles. The molecule has 1 aromatic heterocycles. The van der Waals surface area contributed by atoms with E-state index in [-0.39, 0.29) is 37.4 Å². The predicted octanol–water partition coefficient (Wildman–Crippen LogP) is 3.33. The van der Waals surface area contributed by atoms with Crippen LogP contribution in [0.2, 0.25) is 0 Å². The number of nitrogens with one attached hydrogen (secondary N) is 1. The minimum absolute atomic E-state index is 0.0481. The molecule has 2 aromatic rings. The zero-order valence-corrected chi connectivity index (χ0v) is 15.2. The molecular weight excluding hydrogens is 371 g/mol. The van der Waals surface area contributed by atoms with Crippen LogP contribution in [-0.2, 0) is 22.3 Å². The van der Waals surface area contributed by atoms with Gasteiger partial charge in [0.1, 0.15) is 0 Å². The fourth-order valence-electron chi connectivity index (χ4n) is 3.23. The largest absolute Gasteiger partial charge is 0.416 e. The number of hydrogen-bond donors (Lipinski definition) is 1. The Labute approximate surface area is 160 Å². The minimum Gasteiger partial charge on any atom is -0.349 e. The maximum Gasteiger partial charge on any atom is 0.416 e. The van der Waals surface area contributed by atoms with Crippen molar-refractivity contribution in [2.24, 2.45) is 5.92 Å². The first kappa shape index (κ1) is 19.9. The summed E-state index contributed by atoms with van der Waals surface area (Å²) in [7, 11) is 0. The maximum absolute atomic E-state index is 12.9. The van der Waals surface area contributed by atoms with Crippen LogP contribution in [0.1, 0.15) is 36.1 Å². The summed E-state index contributed by atoms with van der Waals surface area (Å²) in [6.07, 6.45) is -1.12. The fourth-order valence-corrected chi connectivity index (χ4v) is 3.23. The number of aromatic nitrogens is 1. The summed E-state index contributed by atoms with van der Waals surface area (Å²) in [5, 5.41) is 2.88. The number of amides is 2. The number of nitrogens with zero attached hydrogens (tertiary/aromatic N) is 2. The van der Waals surface area contributed by atoms with Crippen LogP contribution in [0.4, 0.5) is 13.2 Å². The Bertz CT molecular complexity index is 855. The van der Waals surface area contributed by atoms with Crippen molar-refractivity contribution in [1.82, 2.24) is 15.2 Å². The molecule has 1 fully saturated rings. The average molecular weight is 391 g/mol. The summed E-state index contributed by atoms with van der Waals surface area (Å²) >= 11 is 0. The Morgan fingerprint density at radius 2 is 2.00 bits per heavy atom. The van der Waals surface area contributed by atoms with Crippen molar-refractivity contribution in [3.05, 3.63) is 65.5 Å². The molecular formula is C20H20F3N3O2. The molecule has 0 spiro atoms. The quantitative estimate of drug-likeness (QED) is 0.851. The van der Waals surface area contributed by atoms with Crippen molar-refractivity contribution >= 4 is 11.8 Å². The highest BCUT2D eigenvalue weighted by molar-refractivity contribution is 5.89. The highest BCUT2D eigenvalue weighted by atomic mass is 19.4. The third-order valence-electron chi connectivity index (χ3n) is 4.78. The molecule has 28 heavy (non-hydrogen) atoms. The molecule has 0 saturated carbocycles. The lowest BCUT2D eigenvalue weighted by molar-refractivity contribution is -0.137. The van der Waals surface area contributed by atoms with E-state index in [4.69, 9.17) is 0 Å². The molecule has 5 nitrogen and oxygen atoms in total. The lowest BCUT2D eigenvalue weighted by atomic mass is 10.1. The molecule has 0 unspecified atom stereocenters. The van der Waals surface area contributed by atoms with Crippen LogP contribution >= 0.6 is 0 Å². The first-order valence-electron chi connectivity index (χ1n) is 8.88. The smallest absolute Gasteiger partial charge is 0.349 e. The molecule has 1 saturated heterocycles. The molecule has 1 aliphatic rings. The van der Waals surface area contributed by atoms with Gasteiger partial charge in [-0.05, 0) is 42.3 Å². The normalized spacial score (nSPS) is 18.2. The molecule has 148 valence electrons. The van der Waals surface area contributed by atoms with E-state index in [0.29, 0.717) is 5.56 Å². The zero-order valence-electron chi connectivity index (χ0n) is 15.2. The van der Waals surface area contributed by atoms with E-state index in [1.165, 1.54) is 11.0 Å². The first-order valence-corrected chi connectivity index (χ1v) is 8.88. The van der Waals surface area contributed by atoms with Crippen LogP contribution in [0, 0.1) is 5.92 Å². The number of benzene rings is 1. The van der Waals surface area contributed by atoms with E-state index in [1.807, 2.05) is 6.92 Å². The van der Waals surface area contributed by atoms with E-state index in [9.17, 15) is 22.8 Å². The molecule has 1 N–H and O–H groups in total. The third kappa shape index (κ3) is 4.68. The standard InChI is InChI=1S/C20H20F3N3O2/c1-13(15-5-7-24-8-6-15)25-19(28)16-10-18(27)26(12-16)11-14-3-2-4-17(9-14)20(21,22)23/h2-9,13,16H,10-12H2,1H3,(H,25,28)/t13-,16-/m0/s1. The van der Waals surface area contributed by atoms with E-state index in [1.54, 1.807) is 30.6 Å². The van der Waals surface area contributed by atoms with Gasteiger partial charge in [-0.1, -0.05) is 12.1 Å². The Kier molecular flexibility index (Phi) is 5.67. The lowest BCUT2D eigenvalue weighted by Crippen LogP contribution is -2.34. The molecule has 1 aliphatic heterocycles. The number of alkyl halides is 3. The van der Waals surface area contributed by atoms with Crippen molar-refractivity contribution in [2.75, 3.05) is 6.54 Å². The number of rotatable bonds is 5. The monoisotopic (exact) mass is 391 g/mol. The average Bonchev–Trinajstić information content (AvgIpc) is 3.02. The van der Waals surface area contributed by atoms with Crippen LogP contribution in [0.5, 0.6) is 0 Å². The van der Waals surface area contributed by atoms with Crippen LogP contribution in [0.3, 0.4) is 0 Å². The number of carbonyl (C=O) groups is 2. The lowest BCUT2D eigenvalue weighted by Gasteiger charge is -2.19. The third-order valence-corrected chi connectivity index (χ3v) is 4.78. The van der Waals surface area contributed by atoms with Crippen LogP contribution < -0.4 is 5.32 Å². The van der Waals surface area contributed by atoms with E-state index >= 15 is 0 Å². The molecule has 0 bridgehead atoms. The molecule has 0 radical (unpaired) electrons. The Balaban J connectivity index is 1.61. The van der Waals surface area contributed by atoms with Crippen molar-refractivity contribution in [3.63, 3.8) is 0 Å².